The normalized spacial score (nSPS) is 14.4. The number of carbonyl (C=O) groups excluding carboxylic acids is 1. The number of hydrogen-bond acceptors (Lipinski definition) is 4. The maximum absolute atomic E-state index is 11.9. The molecule has 1 atom stereocenters. The van der Waals surface area contributed by atoms with Crippen LogP contribution in [0.25, 0.3) is 0 Å². The third-order valence-corrected chi connectivity index (χ3v) is 2.70. The highest BCUT2D eigenvalue weighted by atomic mass is 19.3. The van der Waals surface area contributed by atoms with Crippen molar-refractivity contribution in [2.75, 3.05) is 26.4 Å². The molecule has 0 heterocycles. The molecule has 0 radical (unpaired) electrons. The van der Waals surface area contributed by atoms with E-state index in [2.05, 4.69) is 5.32 Å². The minimum atomic E-state index is -2.45. The lowest BCUT2D eigenvalue weighted by molar-refractivity contribution is -0.151. The van der Waals surface area contributed by atoms with Crippen molar-refractivity contribution >= 4 is 5.97 Å². The van der Waals surface area contributed by atoms with E-state index in [9.17, 15) is 13.6 Å². The summed E-state index contributed by atoms with van der Waals surface area (Å²) < 4.78 is 33.6. The molecule has 0 aliphatic heterocycles. The van der Waals surface area contributed by atoms with Gasteiger partial charge in [-0.3, -0.25) is 4.79 Å². The highest BCUT2D eigenvalue weighted by molar-refractivity contribution is 5.80. The lowest BCUT2D eigenvalue weighted by Gasteiger charge is -2.28. The van der Waals surface area contributed by atoms with Crippen molar-refractivity contribution in [3.63, 3.8) is 0 Å². The van der Waals surface area contributed by atoms with Crippen LogP contribution in [-0.4, -0.2) is 44.3 Å². The van der Waals surface area contributed by atoms with E-state index in [1.54, 1.807) is 13.8 Å². The summed E-state index contributed by atoms with van der Waals surface area (Å²) in [5, 5.41) is 3.15. The predicted octanol–water partition coefficient (Wildman–Crippen LogP) is 2.37. The Balaban J connectivity index is 4.15. The number of carbonyl (C=O) groups is 1. The number of ether oxygens (including phenoxy) is 2. The number of halogens is 2. The van der Waals surface area contributed by atoms with Gasteiger partial charge in [0.2, 0.25) is 0 Å². The molecular formula is C13H25F2NO3. The van der Waals surface area contributed by atoms with Gasteiger partial charge in [0.25, 0.3) is 6.43 Å². The average Bonchev–Trinajstić information content (AvgIpc) is 2.36. The molecule has 6 heteroatoms. The summed E-state index contributed by atoms with van der Waals surface area (Å²) in [7, 11) is 0. The van der Waals surface area contributed by atoms with Crippen molar-refractivity contribution in [3.8, 4) is 0 Å². The first-order valence-corrected chi connectivity index (χ1v) is 6.74. The summed E-state index contributed by atoms with van der Waals surface area (Å²) in [6, 6.07) is 0. The monoisotopic (exact) mass is 281 g/mol. The molecule has 0 saturated heterocycles. The Bertz CT molecular complexity index is 252. The topological polar surface area (TPSA) is 47.6 Å². The smallest absolute Gasteiger partial charge is 0.326 e. The van der Waals surface area contributed by atoms with Crippen molar-refractivity contribution < 1.29 is 23.0 Å². The number of hydrogen-bond donors (Lipinski definition) is 1. The first-order chi connectivity index (χ1) is 8.96. The Morgan fingerprint density at radius 2 is 2.05 bits per heavy atom. The SMILES string of the molecule is CCCNC(C)(CCCOCC(F)F)C(=O)OCC. The van der Waals surface area contributed by atoms with Gasteiger partial charge in [-0.2, -0.15) is 0 Å². The first kappa shape index (κ1) is 18.2. The van der Waals surface area contributed by atoms with E-state index in [0.717, 1.165) is 6.42 Å². The van der Waals surface area contributed by atoms with Crippen LogP contribution < -0.4 is 5.32 Å². The summed E-state index contributed by atoms with van der Waals surface area (Å²) in [4.78, 5) is 11.9. The standard InChI is InChI=1S/C13H25F2NO3/c1-4-8-16-13(3,12(17)19-5-2)7-6-9-18-10-11(14)15/h11,16H,4-10H2,1-3H3. The lowest BCUT2D eigenvalue weighted by Crippen LogP contribution is -2.50. The molecule has 0 rings (SSSR count). The number of alkyl halides is 2. The van der Waals surface area contributed by atoms with E-state index >= 15 is 0 Å². The lowest BCUT2D eigenvalue weighted by atomic mass is 9.95. The summed E-state index contributed by atoms with van der Waals surface area (Å²) >= 11 is 0. The zero-order chi connectivity index (χ0) is 14.7. The van der Waals surface area contributed by atoms with Gasteiger partial charge in [-0.1, -0.05) is 6.92 Å². The Morgan fingerprint density at radius 1 is 1.37 bits per heavy atom. The fourth-order valence-electron chi connectivity index (χ4n) is 1.65. The molecule has 0 aromatic heterocycles. The fraction of sp³-hybridized carbons (Fsp3) is 0.923. The van der Waals surface area contributed by atoms with Gasteiger partial charge in [0.15, 0.2) is 0 Å². The highest BCUT2D eigenvalue weighted by Gasteiger charge is 2.33. The van der Waals surface area contributed by atoms with Gasteiger partial charge in [-0.15, -0.1) is 0 Å². The average molecular weight is 281 g/mol. The van der Waals surface area contributed by atoms with Crippen molar-refractivity contribution in [2.24, 2.45) is 0 Å². The molecule has 0 aromatic carbocycles. The second-order valence-corrected chi connectivity index (χ2v) is 4.55. The van der Waals surface area contributed by atoms with Crippen LogP contribution in [0, 0.1) is 0 Å². The molecule has 0 saturated carbocycles. The number of esters is 1. The molecule has 19 heavy (non-hydrogen) atoms. The van der Waals surface area contributed by atoms with Crippen LogP contribution in [0.5, 0.6) is 0 Å². The largest absolute Gasteiger partial charge is 0.465 e. The maximum atomic E-state index is 11.9. The van der Waals surface area contributed by atoms with Crippen LogP contribution in [0.4, 0.5) is 8.78 Å². The Kier molecular flexibility index (Phi) is 9.69. The second-order valence-electron chi connectivity index (χ2n) is 4.55. The molecule has 4 nitrogen and oxygen atoms in total. The van der Waals surface area contributed by atoms with Crippen LogP contribution in [0.15, 0.2) is 0 Å². The first-order valence-electron chi connectivity index (χ1n) is 6.74. The second kappa shape index (κ2) is 10.1. The Labute approximate surface area is 113 Å². The van der Waals surface area contributed by atoms with Crippen molar-refractivity contribution in [1.82, 2.24) is 5.32 Å². The van der Waals surface area contributed by atoms with Crippen molar-refractivity contribution in [3.05, 3.63) is 0 Å². The van der Waals surface area contributed by atoms with Gasteiger partial charge in [-0.25, -0.2) is 8.78 Å². The molecule has 0 spiro atoms. The van der Waals surface area contributed by atoms with Gasteiger partial charge in [0.1, 0.15) is 12.1 Å². The van der Waals surface area contributed by atoms with Crippen LogP contribution in [0.2, 0.25) is 0 Å². The Hall–Kier alpha value is -0.750. The molecule has 1 N–H and O–H groups in total. The molecule has 0 aliphatic carbocycles. The van der Waals surface area contributed by atoms with Gasteiger partial charge in [0.05, 0.1) is 6.61 Å². The van der Waals surface area contributed by atoms with Gasteiger partial charge >= 0.3 is 5.97 Å². The van der Waals surface area contributed by atoms with Crippen LogP contribution >= 0.6 is 0 Å². The van der Waals surface area contributed by atoms with Crippen LogP contribution in [0.1, 0.15) is 40.0 Å². The van der Waals surface area contributed by atoms with Crippen LogP contribution in [-0.2, 0) is 14.3 Å². The number of rotatable bonds is 11. The maximum Gasteiger partial charge on any atom is 0.326 e. The van der Waals surface area contributed by atoms with Gasteiger partial charge in [-0.05, 0) is 39.7 Å². The molecule has 0 aromatic rings. The molecule has 0 bridgehead atoms. The predicted molar refractivity (Wildman–Crippen MR) is 69.4 cm³/mol. The van der Waals surface area contributed by atoms with Crippen molar-refractivity contribution in [2.45, 2.75) is 52.0 Å². The zero-order valence-corrected chi connectivity index (χ0v) is 12.0. The van der Waals surface area contributed by atoms with E-state index in [0.29, 0.717) is 26.0 Å². The molecular weight excluding hydrogens is 256 g/mol. The van der Waals surface area contributed by atoms with Gasteiger partial charge < -0.3 is 14.8 Å². The van der Waals surface area contributed by atoms with E-state index < -0.39 is 18.6 Å². The summed E-state index contributed by atoms with van der Waals surface area (Å²) in [6.45, 7) is 6.21. The van der Waals surface area contributed by atoms with Crippen molar-refractivity contribution in [1.29, 1.82) is 0 Å². The summed E-state index contributed by atoms with van der Waals surface area (Å²) in [6.07, 6.45) is -0.528. The summed E-state index contributed by atoms with van der Waals surface area (Å²) in [5.41, 5.74) is -0.778. The third-order valence-electron chi connectivity index (χ3n) is 2.70. The fourth-order valence-corrected chi connectivity index (χ4v) is 1.65. The molecule has 1 unspecified atom stereocenters. The third kappa shape index (κ3) is 8.10. The minimum absolute atomic E-state index is 0.215. The molecule has 0 amide bonds. The Morgan fingerprint density at radius 3 is 2.58 bits per heavy atom. The van der Waals surface area contributed by atoms with Gasteiger partial charge in [0, 0.05) is 6.61 Å². The minimum Gasteiger partial charge on any atom is -0.465 e. The van der Waals surface area contributed by atoms with E-state index in [-0.39, 0.29) is 12.6 Å². The highest BCUT2D eigenvalue weighted by Crippen LogP contribution is 2.15. The van der Waals surface area contributed by atoms with E-state index in [4.69, 9.17) is 9.47 Å². The molecule has 114 valence electrons. The van der Waals surface area contributed by atoms with Crippen LogP contribution in [0.3, 0.4) is 0 Å². The molecule has 0 fully saturated rings. The number of nitrogens with one attached hydrogen (secondary N) is 1. The zero-order valence-electron chi connectivity index (χ0n) is 12.0. The summed E-state index contributed by atoms with van der Waals surface area (Å²) in [5.74, 6) is -0.308. The molecule has 0 aliphatic rings. The van der Waals surface area contributed by atoms with E-state index in [1.807, 2.05) is 6.92 Å². The quantitative estimate of drug-likeness (QED) is 0.466. The van der Waals surface area contributed by atoms with E-state index in [1.165, 1.54) is 0 Å².